The van der Waals surface area contributed by atoms with Gasteiger partial charge in [0.1, 0.15) is 0 Å². The summed E-state index contributed by atoms with van der Waals surface area (Å²) in [6.07, 6.45) is 2.04. The molecule has 0 unspecified atom stereocenters. The number of nitrogens with one attached hydrogen (secondary N) is 2. The van der Waals surface area contributed by atoms with Gasteiger partial charge in [-0.3, -0.25) is 0 Å². The molecule has 0 radical (unpaired) electrons. The zero-order valence-electron chi connectivity index (χ0n) is 10.9. The fourth-order valence-electron chi connectivity index (χ4n) is 2.19. The van der Waals surface area contributed by atoms with E-state index in [0.717, 1.165) is 41.0 Å². The Morgan fingerprint density at radius 3 is 2.83 bits per heavy atom. The quantitative estimate of drug-likeness (QED) is 0.824. The standard InChI is InChI=1S/C15H19ClN2/c1-4-8-17-10(3)15-12-9-11(16)6-7-14(12)18-13(15)5-2/h6-7,9,17-18H,3-5,8H2,1-2H3. The molecule has 3 heteroatoms. The fourth-order valence-corrected chi connectivity index (χ4v) is 2.37. The molecule has 2 aromatic rings. The summed E-state index contributed by atoms with van der Waals surface area (Å²) in [5, 5.41) is 5.27. The molecule has 1 heterocycles. The molecule has 0 saturated heterocycles. The van der Waals surface area contributed by atoms with E-state index in [9.17, 15) is 0 Å². The third-order valence-electron chi connectivity index (χ3n) is 3.08. The van der Waals surface area contributed by atoms with Gasteiger partial charge in [-0.15, -0.1) is 0 Å². The molecule has 0 spiro atoms. The number of fused-ring (bicyclic) bond motifs is 1. The van der Waals surface area contributed by atoms with Crippen molar-refractivity contribution in [1.82, 2.24) is 10.3 Å². The molecule has 0 fully saturated rings. The van der Waals surface area contributed by atoms with Gasteiger partial charge in [0.15, 0.2) is 0 Å². The molecule has 2 rings (SSSR count). The van der Waals surface area contributed by atoms with Gasteiger partial charge in [-0.2, -0.15) is 0 Å². The normalized spacial score (nSPS) is 10.8. The van der Waals surface area contributed by atoms with Crippen LogP contribution in [0, 0.1) is 0 Å². The largest absolute Gasteiger partial charge is 0.385 e. The maximum atomic E-state index is 6.09. The molecule has 0 aliphatic carbocycles. The molecule has 0 atom stereocenters. The van der Waals surface area contributed by atoms with E-state index in [1.54, 1.807) is 0 Å². The Morgan fingerprint density at radius 1 is 1.39 bits per heavy atom. The van der Waals surface area contributed by atoms with E-state index in [4.69, 9.17) is 11.6 Å². The number of hydrogen-bond donors (Lipinski definition) is 2. The van der Waals surface area contributed by atoms with Gasteiger partial charge in [-0.25, -0.2) is 0 Å². The van der Waals surface area contributed by atoms with Crippen molar-refractivity contribution in [1.29, 1.82) is 0 Å². The minimum absolute atomic E-state index is 0.758. The molecule has 1 aromatic heterocycles. The maximum absolute atomic E-state index is 6.09. The molecular formula is C15H19ClN2. The molecular weight excluding hydrogens is 244 g/mol. The third-order valence-corrected chi connectivity index (χ3v) is 3.32. The van der Waals surface area contributed by atoms with E-state index in [-0.39, 0.29) is 0 Å². The Hall–Kier alpha value is -1.41. The number of hydrogen-bond acceptors (Lipinski definition) is 1. The van der Waals surface area contributed by atoms with E-state index in [2.05, 4.69) is 30.7 Å². The highest BCUT2D eigenvalue weighted by Crippen LogP contribution is 2.29. The number of benzene rings is 1. The second kappa shape index (κ2) is 5.49. The van der Waals surface area contributed by atoms with Crippen molar-refractivity contribution < 1.29 is 0 Å². The van der Waals surface area contributed by atoms with Crippen molar-refractivity contribution in [3.05, 3.63) is 41.1 Å². The molecule has 2 N–H and O–H groups in total. The van der Waals surface area contributed by atoms with Crippen LogP contribution in [0.15, 0.2) is 24.8 Å². The Morgan fingerprint density at radius 2 is 2.17 bits per heavy atom. The summed E-state index contributed by atoms with van der Waals surface area (Å²) in [6, 6.07) is 5.93. The number of halogens is 1. The number of aromatic nitrogens is 1. The summed E-state index contributed by atoms with van der Waals surface area (Å²) in [7, 11) is 0. The van der Waals surface area contributed by atoms with Crippen LogP contribution in [0.25, 0.3) is 16.6 Å². The lowest BCUT2D eigenvalue weighted by Gasteiger charge is -2.09. The zero-order chi connectivity index (χ0) is 13.1. The first-order chi connectivity index (χ1) is 8.67. The molecule has 0 amide bonds. The summed E-state index contributed by atoms with van der Waals surface area (Å²) in [5.41, 5.74) is 4.47. The second-order valence-electron chi connectivity index (χ2n) is 4.43. The molecule has 0 aliphatic rings. The van der Waals surface area contributed by atoms with Crippen LogP contribution >= 0.6 is 11.6 Å². The summed E-state index contributed by atoms with van der Waals surface area (Å²) < 4.78 is 0. The van der Waals surface area contributed by atoms with Crippen molar-refractivity contribution in [3.63, 3.8) is 0 Å². The van der Waals surface area contributed by atoms with E-state index in [0.29, 0.717) is 0 Å². The van der Waals surface area contributed by atoms with Crippen LogP contribution in [-0.4, -0.2) is 11.5 Å². The van der Waals surface area contributed by atoms with Gasteiger partial charge in [-0.05, 0) is 31.0 Å². The van der Waals surface area contributed by atoms with Gasteiger partial charge in [-0.1, -0.05) is 32.0 Å². The van der Waals surface area contributed by atoms with Crippen LogP contribution in [-0.2, 0) is 6.42 Å². The monoisotopic (exact) mass is 262 g/mol. The predicted molar refractivity (Wildman–Crippen MR) is 80.0 cm³/mol. The van der Waals surface area contributed by atoms with Crippen LogP contribution in [0.3, 0.4) is 0 Å². The van der Waals surface area contributed by atoms with Gasteiger partial charge >= 0.3 is 0 Å². The molecule has 0 saturated carbocycles. The van der Waals surface area contributed by atoms with Crippen LogP contribution in [0.2, 0.25) is 5.02 Å². The van der Waals surface area contributed by atoms with Crippen LogP contribution in [0.4, 0.5) is 0 Å². The SMILES string of the molecule is C=C(NCCC)c1c(CC)[nH]c2ccc(Cl)cc12. The lowest BCUT2D eigenvalue weighted by molar-refractivity contribution is 0.823. The maximum Gasteiger partial charge on any atom is 0.0464 e. The molecule has 1 aromatic carbocycles. The first kappa shape index (κ1) is 13.0. The van der Waals surface area contributed by atoms with Crippen LogP contribution < -0.4 is 5.32 Å². The van der Waals surface area contributed by atoms with E-state index in [1.165, 1.54) is 11.3 Å². The van der Waals surface area contributed by atoms with Crippen LogP contribution in [0.1, 0.15) is 31.5 Å². The van der Waals surface area contributed by atoms with Crippen molar-refractivity contribution in [2.24, 2.45) is 0 Å². The van der Waals surface area contributed by atoms with Gasteiger partial charge in [0, 0.05) is 39.4 Å². The summed E-state index contributed by atoms with van der Waals surface area (Å²) in [6.45, 7) is 9.38. The van der Waals surface area contributed by atoms with E-state index >= 15 is 0 Å². The molecule has 96 valence electrons. The molecule has 18 heavy (non-hydrogen) atoms. The Labute approximate surface area is 113 Å². The first-order valence-electron chi connectivity index (χ1n) is 6.40. The van der Waals surface area contributed by atoms with Crippen molar-refractivity contribution >= 4 is 28.2 Å². The summed E-state index contributed by atoms with van der Waals surface area (Å²) in [5.74, 6) is 0. The summed E-state index contributed by atoms with van der Waals surface area (Å²) >= 11 is 6.09. The number of aryl methyl sites for hydroxylation is 1. The fraction of sp³-hybridized carbons (Fsp3) is 0.333. The highest BCUT2D eigenvalue weighted by molar-refractivity contribution is 6.31. The molecule has 2 nitrogen and oxygen atoms in total. The van der Waals surface area contributed by atoms with Crippen molar-refractivity contribution in [2.75, 3.05) is 6.54 Å². The van der Waals surface area contributed by atoms with Gasteiger partial charge in [0.05, 0.1) is 0 Å². The van der Waals surface area contributed by atoms with E-state index in [1.807, 2.05) is 18.2 Å². The lowest BCUT2D eigenvalue weighted by atomic mass is 10.1. The van der Waals surface area contributed by atoms with Gasteiger partial charge < -0.3 is 10.3 Å². The number of rotatable bonds is 5. The number of H-pyrrole nitrogens is 1. The van der Waals surface area contributed by atoms with E-state index < -0.39 is 0 Å². The Bertz CT molecular complexity index is 569. The average molecular weight is 263 g/mol. The third kappa shape index (κ3) is 2.39. The number of aromatic amines is 1. The van der Waals surface area contributed by atoms with Crippen molar-refractivity contribution in [2.45, 2.75) is 26.7 Å². The lowest BCUT2D eigenvalue weighted by Crippen LogP contribution is -2.12. The smallest absolute Gasteiger partial charge is 0.0464 e. The first-order valence-corrected chi connectivity index (χ1v) is 6.78. The Kier molecular flexibility index (Phi) is 3.97. The average Bonchev–Trinajstić information content (AvgIpc) is 2.73. The minimum Gasteiger partial charge on any atom is -0.385 e. The topological polar surface area (TPSA) is 27.8 Å². The molecule has 0 aliphatic heterocycles. The van der Waals surface area contributed by atoms with Crippen molar-refractivity contribution in [3.8, 4) is 0 Å². The Balaban J connectivity index is 2.51. The summed E-state index contributed by atoms with van der Waals surface area (Å²) in [4.78, 5) is 3.44. The molecule has 0 bridgehead atoms. The highest BCUT2D eigenvalue weighted by Gasteiger charge is 2.13. The second-order valence-corrected chi connectivity index (χ2v) is 4.86. The highest BCUT2D eigenvalue weighted by atomic mass is 35.5. The van der Waals surface area contributed by atoms with Gasteiger partial charge in [0.25, 0.3) is 0 Å². The van der Waals surface area contributed by atoms with Gasteiger partial charge in [0.2, 0.25) is 0 Å². The zero-order valence-corrected chi connectivity index (χ0v) is 11.7. The van der Waals surface area contributed by atoms with Crippen LogP contribution in [0.5, 0.6) is 0 Å². The minimum atomic E-state index is 0.758. The predicted octanol–water partition coefficient (Wildman–Crippen LogP) is 4.35.